The van der Waals surface area contributed by atoms with E-state index in [0.717, 1.165) is 106 Å². The van der Waals surface area contributed by atoms with Crippen LogP contribution < -0.4 is 0 Å². The van der Waals surface area contributed by atoms with Gasteiger partial charge in [-0.3, -0.25) is 9.89 Å². The molecule has 0 amide bonds. The predicted molar refractivity (Wildman–Crippen MR) is 169 cm³/mol. The number of aromatic nitrogens is 1. The van der Waals surface area contributed by atoms with Crippen LogP contribution in [-0.2, 0) is 6.42 Å². The number of phenols is 1. The summed E-state index contributed by atoms with van der Waals surface area (Å²) in [4.78, 5) is 14.5. The molecule has 6 atom stereocenters. The number of nitrogens with one attached hydrogen (secondary N) is 1. The Labute approximate surface area is 249 Å². The van der Waals surface area contributed by atoms with Crippen molar-refractivity contribution in [2.75, 3.05) is 32.7 Å². The largest absolute Gasteiger partial charge is 0.508 e. The van der Waals surface area contributed by atoms with Gasteiger partial charge in [-0.2, -0.15) is 0 Å². The average molecular weight is 567 g/mol. The van der Waals surface area contributed by atoms with Crippen molar-refractivity contribution in [3.05, 3.63) is 65.4 Å². The minimum Gasteiger partial charge on any atom is -0.508 e. The van der Waals surface area contributed by atoms with E-state index >= 15 is 0 Å². The maximum Gasteiger partial charge on any atom is 0.116 e. The molecule has 222 valence electrons. The zero-order valence-corrected chi connectivity index (χ0v) is 24.9. The lowest BCUT2D eigenvalue weighted by molar-refractivity contribution is -0.0954. The van der Waals surface area contributed by atoms with Gasteiger partial charge in [0.15, 0.2) is 0 Å². The Bertz CT molecular complexity index is 1480. The zero-order chi connectivity index (χ0) is 28.3. The van der Waals surface area contributed by atoms with Crippen LogP contribution in [0.1, 0.15) is 75.5 Å². The lowest BCUT2D eigenvalue weighted by Gasteiger charge is -2.58. The number of allylic oxidation sites excluding steroid dienone is 4. The maximum absolute atomic E-state index is 13.1. The van der Waals surface area contributed by atoms with Crippen molar-refractivity contribution in [1.82, 2.24) is 14.8 Å². The van der Waals surface area contributed by atoms with Gasteiger partial charge in [-0.25, -0.2) is 0 Å². The molecular formula is C36H46N4O2. The predicted octanol–water partition coefficient (Wildman–Crippen LogP) is 5.90. The Hall–Kier alpha value is -2.67. The number of phenolic OH excluding ortho intramolecular Hbond substituents is 1. The van der Waals surface area contributed by atoms with E-state index in [1.807, 2.05) is 12.1 Å². The Morgan fingerprint density at radius 1 is 0.976 bits per heavy atom. The monoisotopic (exact) mass is 566 g/mol. The Balaban J connectivity index is 1.30. The third-order valence-electron chi connectivity index (χ3n) is 11.5. The number of hydrogen-bond acceptors (Lipinski definition) is 5. The van der Waals surface area contributed by atoms with Gasteiger partial charge in [-0.05, 0) is 132 Å². The minimum absolute atomic E-state index is 0.00210. The number of piperidine rings is 1. The second-order valence-electron chi connectivity index (χ2n) is 14.0. The van der Waals surface area contributed by atoms with E-state index in [4.69, 9.17) is 4.99 Å². The molecule has 1 spiro atoms. The van der Waals surface area contributed by atoms with Gasteiger partial charge in [0.1, 0.15) is 5.75 Å². The van der Waals surface area contributed by atoms with E-state index in [0.29, 0.717) is 17.7 Å². The summed E-state index contributed by atoms with van der Waals surface area (Å²) in [7, 11) is 0. The number of aliphatic hydroxyl groups is 1. The van der Waals surface area contributed by atoms with Crippen molar-refractivity contribution >= 4 is 16.6 Å². The van der Waals surface area contributed by atoms with Crippen LogP contribution in [0.15, 0.2) is 59.1 Å². The number of H-pyrrole nitrogens is 1. The molecule has 6 aliphatic rings. The third kappa shape index (κ3) is 4.28. The van der Waals surface area contributed by atoms with Gasteiger partial charge in [0, 0.05) is 41.5 Å². The fourth-order valence-electron chi connectivity index (χ4n) is 9.96. The van der Waals surface area contributed by atoms with Crippen molar-refractivity contribution in [2.45, 2.75) is 88.3 Å². The van der Waals surface area contributed by atoms with Crippen LogP contribution in [0.4, 0.5) is 0 Å². The van der Waals surface area contributed by atoms with Crippen LogP contribution in [0.3, 0.4) is 0 Å². The van der Waals surface area contributed by atoms with E-state index in [1.165, 1.54) is 30.4 Å². The summed E-state index contributed by atoms with van der Waals surface area (Å²) in [6, 6.07) is 6.28. The smallest absolute Gasteiger partial charge is 0.116 e. The van der Waals surface area contributed by atoms with Crippen molar-refractivity contribution in [3.63, 3.8) is 0 Å². The molecule has 1 aromatic carbocycles. The van der Waals surface area contributed by atoms with Crippen molar-refractivity contribution in [1.29, 1.82) is 0 Å². The van der Waals surface area contributed by atoms with Crippen molar-refractivity contribution < 1.29 is 10.2 Å². The van der Waals surface area contributed by atoms with E-state index in [9.17, 15) is 10.2 Å². The SMILES string of the molecule is Oc1ccc2[nH]c3c(c2c1)CCN=C3C1=C[C@@]2(O)CC/C=C\CCCCN3CC[C@@H]1[C@]1(C[C@H]4C/C=C\CCCN4[C@H]12)C3. The highest BCUT2D eigenvalue weighted by Crippen LogP contribution is 2.60. The normalized spacial score (nSPS) is 38.4. The molecular weight excluding hydrogens is 520 g/mol. The molecule has 1 unspecified atom stereocenters. The molecule has 3 N–H and O–H groups in total. The molecule has 5 aliphatic heterocycles. The number of aromatic hydroxyl groups is 1. The van der Waals surface area contributed by atoms with Gasteiger partial charge in [0.25, 0.3) is 0 Å². The summed E-state index contributed by atoms with van der Waals surface area (Å²) < 4.78 is 0. The van der Waals surface area contributed by atoms with E-state index < -0.39 is 5.60 Å². The summed E-state index contributed by atoms with van der Waals surface area (Å²) in [6.45, 7) is 5.18. The Morgan fingerprint density at radius 3 is 2.81 bits per heavy atom. The van der Waals surface area contributed by atoms with Gasteiger partial charge in [-0.15, -0.1) is 0 Å². The maximum atomic E-state index is 13.1. The first kappa shape index (κ1) is 26.9. The Morgan fingerprint density at radius 2 is 1.86 bits per heavy atom. The number of nitrogens with zero attached hydrogens (tertiary/aromatic N) is 3. The summed E-state index contributed by atoms with van der Waals surface area (Å²) in [5, 5.41) is 24.5. The number of aliphatic imine (C=N–C) groups is 1. The van der Waals surface area contributed by atoms with Gasteiger partial charge >= 0.3 is 0 Å². The first-order valence-corrected chi connectivity index (χ1v) is 16.7. The molecule has 1 aromatic heterocycles. The molecule has 2 saturated heterocycles. The summed E-state index contributed by atoms with van der Waals surface area (Å²) in [5.74, 6) is 0.684. The van der Waals surface area contributed by atoms with Crippen molar-refractivity contribution in [2.24, 2.45) is 16.3 Å². The second kappa shape index (κ2) is 10.5. The molecule has 6 heterocycles. The molecule has 0 saturated carbocycles. The quantitative estimate of drug-likeness (QED) is 0.376. The van der Waals surface area contributed by atoms with Crippen molar-refractivity contribution in [3.8, 4) is 5.75 Å². The van der Waals surface area contributed by atoms with Crippen LogP contribution in [0.5, 0.6) is 5.75 Å². The van der Waals surface area contributed by atoms with Gasteiger partial charge in [0.05, 0.1) is 17.0 Å². The van der Waals surface area contributed by atoms with Crippen LogP contribution in [-0.4, -0.2) is 81.1 Å². The number of rotatable bonds is 1. The van der Waals surface area contributed by atoms with Crippen LogP contribution in [0, 0.1) is 11.3 Å². The topological polar surface area (TPSA) is 75.1 Å². The average Bonchev–Trinajstić information content (AvgIpc) is 3.48. The highest BCUT2D eigenvalue weighted by Gasteiger charge is 2.66. The molecule has 2 aromatic rings. The zero-order valence-electron chi connectivity index (χ0n) is 24.9. The van der Waals surface area contributed by atoms with Crippen LogP contribution in [0.25, 0.3) is 10.9 Å². The molecule has 6 nitrogen and oxygen atoms in total. The molecule has 1 aliphatic carbocycles. The minimum atomic E-state index is -0.907. The molecule has 2 fully saturated rings. The second-order valence-corrected chi connectivity index (χ2v) is 14.0. The molecule has 42 heavy (non-hydrogen) atoms. The fraction of sp³-hybridized carbons (Fsp3) is 0.583. The van der Waals surface area contributed by atoms with Gasteiger partial charge < -0.3 is 20.1 Å². The molecule has 3 bridgehead atoms. The number of aromatic amines is 1. The molecule has 6 heteroatoms. The number of benzene rings is 1. The fourth-order valence-corrected chi connectivity index (χ4v) is 9.96. The highest BCUT2D eigenvalue weighted by atomic mass is 16.3. The molecule has 0 radical (unpaired) electrons. The van der Waals surface area contributed by atoms with Gasteiger partial charge in [0.2, 0.25) is 0 Å². The van der Waals surface area contributed by atoms with E-state index in [2.05, 4.69) is 45.2 Å². The summed E-state index contributed by atoms with van der Waals surface area (Å²) in [6.07, 6.45) is 23.6. The third-order valence-corrected chi connectivity index (χ3v) is 11.5. The Kier molecular flexibility index (Phi) is 6.73. The van der Waals surface area contributed by atoms with Gasteiger partial charge in [-0.1, -0.05) is 24.3 Å². The number of hydrogen-bond donors (Lipinski definition) is 3. The lowest BCUT2D eigenvalue weighted by Crippen LogP contribution is -2.66. The lowest BCUT2D eigenvalue weighted by atomic mass is 9.54. The van der Waals surface area contributed by atoms with Crippen LogP contribution in [0.2, 0.25) is 0 Å². The number of fused-ring (bicyclic) bond motifs is 5. The molecule has 8 rings (SSSR count). The highest BCUT2D eigenvalue weighted by molar-refractivity contribution is 6.16. The first-order chi connectivity index (χ1) is 20.6. The summed E-state index contributed by atoms with van der Waals surface area (Å²) >= 11 is 0. The first-order valence-electron chi connectivity index (χ1n) is 16.7. The van der Waals surface area contributed by atoms with E-state index in [-0.39, 0.29) is 11.5 Å². The summed E-state index contributed by atoms with van der Waals surface area (Å²) in [5.41, 5.74) is 4.88. The van der Waals surface area contributed by atoms with Crippen LogP contribution >= 0.6 is 0 Å². The van der Waals surface area contributed by atoms with E-state index in [1.54, 1.807) is 6.07 Å². The standard InChI is InChI=1S/C36H46N4O2/c41-26-12-13-31-28(21-26)27-14-17-37-32(33(27)38-31)29-23-36(42)16-8-4-1-2-5-9-18-39-20-15-30(29)35(24-39)22-25-11-7-3-6-10-19-40(25)34(35)36/h1,3-4,7,12-13,21,23,25,30,34,38,41-42H,2,5-6,8-11,14-20,22,24H2/b4-1-,7-3-/t25-,30+,34-,35+,36+/m1/s1.